The van der Waals surface area contributed by atoms with E-state index in [9.17, 15) is 0 Å². The van der Waals surface area contributed by atoms with E-state index < -0.39 is 0 Å². The fraction of sp³-hybridized carbons (Fsp3) is 0.500. The quantitative estimate of drug-likeness (QED) is 0.792. The van der Waals surface area contributed by atoms with Crippen LogP contribution in [0.2, 0.25) is 0 Å². The summed E-state index contributed by atoms with van der Waals surface area (Å²) >= 11 is 0. The second kappa shape index (κ2) is 5.01. The van der Waals surface area contributed by atoms with E-state index in [0.29, 0.717) is 6.04 Å². The molecule has 1 unspecified atom stereocenters. The van der Waals surface area contributed by atoms with Crippen LogP contribution in [-0.4, -0.2) is 13.2 Å². The molecule has 78 valence electrons. The van der Waals surface area contributed by atoms with E-state index in [1.165, 1.54) is 5.56 Å². The predicted molar refractivity (Wildman–Crippen MR) is 60.6 cm³/mol. The fourth-order valence-corrected chi connectivity index (χ4v) is 1.35. The molecule has 2 nitrogen and oxygen atoms in total. The van der Waals surface area contributed by atoms with Crippen LogP contribution >= 0.6 is 0 Å². The highest BCUT2D eigenvalue weighted by Crippen LogP contribution is 2.19. The molecular weight excluding hydrogens is 174 g/mol. The molecule has 0 aliphatic carbocycles. The van der Waals surface area contributed by atoms with Gasteiger partial charge in [0.05, 0.1) is 6.10 Å². The lowest BCUT2D eigenvalue weighted by Crippen LogP contribution is -2.10. The Balaban J connectivity index is 2.78. The van der Waals surface area contributed by atoms with Crippen molar-refractivity contribution in [2.45, 2.75) is 32.9 Å². The summed E-state index contributed by atoms with van der Waals surface area (Å²) in [5.41, 5.74) is 2.36. The molecule has 0 aromatic heterocycles. The Bertz CT molecular complexity index is 283. The van der Waals surface area contributed by atoms with Gasteiger partial charge in [-0.25, -0.2) is 0 Å². The minimum atomic E-state index is 0.156. The number of hydrogen-bond donors (Lipinski definition) is 1. The molecule has 1 aromatic carbocycles. The zero-order valence-electron chi connectivity index (χ0n) is 9.37. The molecule has 0 heterocycles. The monoisotopic (exact) mass is 193 g/mol. The second-order valence-electron chi connectivity index (χ2n) is 3.80. The van der Waals surface area contributed by atoms with Gasteiger partial charge in [-0.15, -0.1) is 0 Å². The van der Waals surface area contributed by atoms with Crippen LogP contribution in [-0.2, 0) is 4.74 Å². The van der Waals surface area contributed by atoms with Crippen molar-refractivity contribution in [1.29, 1.82) is 0 Å². The van der Waals surface area contributed by atoms with Gasteiger partial charge in [-0.3, -0.25) is 0 Å². The highest BCUT2D eigenvalue weighted by Gasteiger charge is 2.04. The number of rotatable bonds is 4. The third-order valence-electron chi connectivity index (χ3n) is 2.16. The average Bonchev–Trinajstić information content (AvgIpc) is 2.16. The van der Waals surface area contributed by atoms with Gasteiger partial charge in [-0.05, 0) is 38.5 Å². The lowest BCUT2D eigenvalue weighted by Gasteiger charge is -2.14. The summed E-state index contributed by atoms with van der Waals surface area (Å²) in [5.74, 6) is 0. The SMILES string of the molecule is COC(C)c1cccc(NC(C)C)c1. The Morgan fingerprint density at radius 3 is 2.50 bits per heavy atom. The molecule has 1 atom stereocenters. The van der Waals surface area contributed by atoms with Crippen LogP contribution in [0.5, 0.6) is 0 Å². The Morgan fingerprint density at radius 1 is 1.21 bits per heavy atom. The van der Waals surface area contributed by atoms with Crippen molar-refractivity contribution in [1.82, 2.24) is 0 Å². The number of methoxy groups -OCH3 is 1. The molecule has 0 spiro atoms. The Morgan fingerprint density at radius 2 is 1.93 bits per heavy atom. The molecule has 0 saturated carbocycles. The van der Waals surface area contributed by atoms with E-state index in [1.807, 2.05) is 0 Å². The van der Waals surface area contributed by atoms with Crippen LogP contribution in [0.25, 0.3) is 0 Å². The third kappa shape index (κ3) is 3.04. The molecule has 14 heavy (non-hydrogen) atoms. The van der Waals surface area contributed by atoms with Gasteiger partial charge in [0.1, 0.15) is 0 Å². The largest absolute Gasteiger partial charge is 0.383 e. The first-order valence-electron chi connectivity index (χ1n) is 5.02. The summed E-state index contributed by atoms with van der Waals surface area (Å²) in [4.78, 5) is 0. The molecule has 0 bridgehead atoms. The molecule has 1 aromatic rings. The van der Waals surface area contributed by atoms with E-state index in [-0.39, 0.29) is 6.10 Å². The van der Waals surface area contributed by atoms with Crippen molar-refractivity contribution >= 4 is 5.69 Å². The van der Waals surface area contributed by atoms with Crippen LogP contribution in [0.15, 0.2) is 24.3 Å². The Hall–Kier alpha value is -1.02. The van der Waals surface area contributed by atoms with Crippen molar-refractivity contribution in [3.8, 4) is 0 Å². The lowest BCUT2D eigenvalue weighted by atomic mass is 10.1. The van der Waals surface area contributed by atoms with Crippen molar-refractivity contribution in [3.05, 3.63) is 29.8 Å². The van der Waals surface area contributed by atoms with Crippen LogP contribution < -0.4 is 5.32 Å². The minimum Gasteiger partial charge on any atom is -0.383 e. The first-order valence-corrected chi connectivity index (χ1v) is 5.02. The van der Waals surface area contributed by atoms with Gasteiger partial charge < -0.3 is 10.1 Å². The summed E-state index contributed by atoms with van der Waals surface area (Å²) in [6, 6.07) is 8.80. The Labute approximate surface area is 86.3 Å². The molecule has 0 fully saturated rings. The number of anilines is 1. The van der Waals surface area contributed by atoms with E-state index in [2.05, 4.69) is 50.4 Å². The van der Waals surface area contributed by atoms with Gasteiger partial charge in [0.25, 0.3) is 0 Å². The van der Waals surface area contributed by atoms with Gasteiger partial charge in [-0.2, -0.15) is 0 Å². The number of nitrogens with one attached hydrogen (secondary N) is 1. The maximum Gasteiger partial charge on any atom is 0.0793 e. The topological polar surface area (TPSA) is 21.3 Å². The molecular formula is C12H19NO. The normalized spacial score (nSPS) is 12.9. The van der Waals surface area contributed by atoms with Crippen LogP contribution in [0.1, 0.15) is 32.4 Å². The summed E-state index contributed by atoms with van der Waals surface area (Å²) in [5, 5.41) is 3.37. The lowest BCUT2D eigenvalue weighted by molar-refractivity contribution is 0.119. The standard InChI is InChI=1S/C12H19NO/c1-9(2)13-12-7-5-6-11(8-12)10(3)14-4/h5-10,13H,1-4H3. The molecule has 2 heteroatoms. The van der Waals surface area contributed by atoms with Gasteiger partial charge in [0, 0.05) is 18.8 Å². The number of ether oxygens (including phenoxy) is 1. The highest BCUT2D eigenvalue weighted by molar-refractivity contribution is 5.46. The van der Waals surface area contributed by atoms with Gasteiger partial charge in [-0.1, -0.05) is 12.1 Å². The minimum absolute atomic E-state index is 0.156. The van der Waals surface area contributed by atoms with Crippen molar-refractivity contribution in [3.63, 3.8) is 0 Å². The van der Waals surface area contributed by atoms with Crippen molar-refractivity contribution < 1.29 is 4.74 Å². The van der Waals surface area contributed by atoms with E-state index in [4.69, 9.17) is 4.74 Å². The highest BCUT2D eigenvalue weighted by atomic mass is 16.5. The summed E-state index contributed by atoms with van der Waals surface area (Å²) in [6.45, 7) is 6.31. The smallest absolute Gasteiger partial charge is 0.0793 e. The third-order valence-corrected chi connectivity index (χ3v) is 2.16. The zero-order valence-corrected chi connectivity index (χ0v) is 9.37. The first kappa shape index (κ1) is 11.1. The van der Waals surface area contributed by atoms with Gasteiger partial charge in [0.15, 0.2) is 0 Å². The molecule has 0 saturated heterocycles. The number of hydrogen-bond acceptors (Lipinski definition) is 2. The summed E-state index contributed by atoms with van der Waals surface area (Å²) < 4.78 is 5.27. The van der Waals surface area contributed by atoms with Crippen LogP contribution in [0, 0.1) is 0 Å². The number of benzene rings is 1. The summed E-state index contributed by atoms with van der Waals surface area (Å²) in [7, 11) is 1.73. The van der Waals surface area contributed by atoms with Gasteiger partial charge >= 0.3 is 0 Å². The van der Waals surface area contributed by atoms with Crippen molar-refractivity contribution in [2.24, 2.45) is 0 Å². The van der Waals surface area contributed by atoms with Crippen molar-refractivity contribution in [2.75, 3.05) is 12.4 Å². The molecule has 0 radical (unpaired) electrons. The zero-order chi connectivity index (χ0) is 10.6. The second-order valence-corrected chi connectivity index (χ2v) is 3.80. The van der Waals surface area contributed by atoms with Gasteiger partial charge in [0.2, 0.25) is 0 Å². The summed E-state index contributed by atoms with van der Waals surface area (Å²) in [6.07, 6.45) is 0.156. The molecule has 1 N–H and O–H groups in total. The van der Waals surface area contributed by atoms with E-state index >= 15 is 0 Å². The maximum absolute atomic E-state index is 5.27. The fourth-order valence-electron chi connectivity index (χ4n) is 1.35. The Kier molecular flexibility index (Phi) is 3.96. The van der Waals surface area contributed by atoms with E-state index in [0.717, 1.165) is 5.69 Å². The average molecular weight is 193 g/mol. The maximum atomic E-state index is 5.27. The molecule has 0 aliphatic rings. The molecule has 0 amide bonds. The van der Waals surface area contributed by atoms with E-state index in [1.54, 1.807) is 7.11 Å². The first-order chi connectivity index (χ1) is 6.63. The molecule has 1 rings (SSSR count). The van der Waals surface area contributed by atoms with Crippen LogP contribution in [0.4, 0.5) is 5.69 Å². The van der Waals surface area contributed by atoms with Crippen LogP contribution in [0.3, 0.4) is 0 Å². The predicted octanol–water partition coefficient (Wildman–Crippen LogP) is 3.21. The molecule has 0 aliphatic heterocycles.